The monoisotopic (exact) mass is 241 g/mol. The van der Waals surface area contributed by atoms with E-state index in [2.05, 4.69) is 17.1 Å². The normalized spacial score (nSPS) is 26.2. The van der Waals surface area contributed by atoms with Gasteiger partial charge in [0.25, 0.3) is 0 Å². The van der Waals surface area contributed by atoms with Crippen molar-refractivity contribution in [3.8, 4) is 0 Å². The number of thioether (sulfide) groups is 1. The van der Waals surface area contributed by atoms with Gasteiger partial charge in [-0.15, -0.1) is 0 Å². The summed E-state index contributed by atoms with van der Waals surface area (Å²) in [5, 5.41) is 3.83. The lowest BCUT2D eigenvalue weighted by Gasteiger charge is -2.26. The van der Waals surface area contributed by atoms with Crippen molar-refractivity contribution in [2.24, 2.45) is 5.92 Å². The predicted molar refractivity (Wildman–Crippen MR) is 74.2 cm³/mol. The van der Waals surface area contributed by atoms with E-state index in [0.29, 0.717) is 0 Å². The average molecular weight is 241 g/mol. The molecule has 0 amide bonds. The Morgan fingerprint density at radius 2 is 1.44 bits per heavy atom. The number of hydrogen-bond acceptors (Lipinski definition) is 2. The Bertz CT molecular complexity index is 170. The van der Waals surface area contributed by atoms with Crippen molar-refractivity contribution in [3.05, 3.63) is 0 Å². The third-order valence-electron chi connectivity index (χ3n) is 4.14. The van der Waals surface area contributed by atoms with Crippen molar-refractivity contribution in [3.63, 3.8) is 0 Å². The predicted octanol–water partition coefficient (Wildman–Crippen LogP) is 3.83. The minimum atomic E-state index is 0.840. The van der Waals surface area contributed by atoms with E-state index in [1.807, 2.05) is 0 Å². The van der Waals surface area contributed by atoms with Gasteiger partial charge in [0.1, 0.15) is 0 Å². The molecule has 2 rings (SSSR count). The summed E-state index contributed by atoms with van der Waals surface area (Å²) in [6, 6.07) is 0.840. The molecule has 0 atom stereocenters. The van der Waals surface area contributed by atoms with Gasteiger partial charge in [0.05, 0.1) is 0 Å². The molecule has 0 spiro atoms. The van der Waals surface area contributed by atoms with Gasteiger partial charge in [-0.1, -0.05) is 32.1 Å². The number of nitrogens with one attached hydrogen (secondary N) is 1. The third-order valence-corrected chi connectivity index (χ3v) is 5.19. The number of rotatable bonds is 3. The zero-order valence-electron chi connectivity index (χ0n) is 10.5. The first-order chi connectivity index (χ1) is 7.95. The zero-order chi connectivity index (χ0) is 11.1. The van der Waals surface area contributed by atoms with Gasteiger partial charge in [0.15, 0.2) is 0 Å². The molecule has 1 heterocycles. The maximum Gasteiger partial charge on any atom is 0.00828 e. The van der Waals surface area contributed by atoms with Crippen LogP contribution in [0.15, 0.2) is 0 Å². The van der Waals surface area contributed by atoms with E-state index in [-0.39, 0.29) is 0 Å². The highest BCUT2D eigenvalue weighted by Gasteiger charge is 2.16. The van der Waals surface area contributed by atoms with Crippen molar-refractivity contribution in [1.82, 2.24) is 5.32 Å². The summed E-state index contributed by atoms with van der Waals surface area (Å²) in [6.07, 6.45) is 13.2. The molecule has 0 unspecified atom stereocenters. The summed E-state index contributed by atoms with van der Waals surface area (Å²) in [7, 11) is 0. The molecule has 1 nitrogen and oxygen atoms in total. The SMILES string of the molecule is C1CCCC(CNC2CCSCC2)CCC1. The van der Waals surface area contributed by atoms with Crippen molar-refractivity contribution in [2.45, 2.75) is 63.8 Å². The van der Waals surface area contributed by atoms with Crippen LogP contribution in [0, 0.1) is 5.92 Å². The molecule has 0 aromatic carbocycles. The van der Waals surface area contributed by atoms with E-state index < -0.39 is 0 Å². The molecule has 2 aliphatic rings. The average Bonchev–Trinajstić information content (AvgIpc) is 2.29. The van der Waals surface area contributed by atoms with Crippen LogP contribution in [0.25, 0.3) is 0 Å². The van der Waals surface area contributed by atoms with Crippen LogP contribution in [0.1, 0.15) is 57.8 Å². The first kappa shape index (κ1) is 12.8. The summed E-state index contributed by atoms with van der Waals surface area (Å²) in [5.74, 6) is 3.74. The minimum Gasteiger partial charge on any atom is -0.314 e. The van der Waals surface area contributed by atoms with Crippen LogP contribution in [0.2, 0.25) is 0 Å². The van der Waals surface area contributed by atoms with E-state index in [9.17, 15) is 0 Å². The summed E-state index contributed by atoms with van der Waals surface area (Å²) in [6.45, 7) is 1.30. The van der Waals surface area contributed by atoms with Gasteiger partial charge in [-0.3, -0.25) is 0 Å². The first-order valence-corrected chi connectivity index (χ1v) is 8.42. The molecule has 2 fully saturated rings. The van der Waals surface area contributed by atoms with Crippen molar-refractivity contribution in [1.29, 1.82) is 0 Å². The molecule has 1 saturated carbocycles. The molecule has 1 saturated heterocycles. The van der Waals surface area contributed by atoms with Gasteiger partial charge < -0.3 is 5.32 Å². The zero-order valence-corrected chi connectivity index (χ0v) is 11.4. The summed E-state index contributed by atoms with van der Waals surface area (Å²) < 4.78 is 0. The quantitative estimate of drug-likeness (QED) is 0.806. The standard InChI is InChI=1S/C14H27NS/c1-2-4-6-13(7-5-3-1)12-15-14-8-10-16-11-9-14/h13-15H,1-12H2. The van der Waals surface area contributed by atoms with Gasteiger partial charge in [-0.25, -0.2) is 0 Å². The Balaban J connectivity index is 1.62. The largest absolute Gasteiger partial charge is 0.314 e. The second-order valence-electron chi connectivity index (χ2n) is 5.51. The number of hydrogen-bond donors (Lipinski definition) is 1. The first-order valence-electron chi connectivity index (χ1n) is 7.26. The fourth-order valence-electron chi connectivity index (χ4n) is 2.98. The highest BCUT2D eigenvalue weighted by molar-refractivity contribution is 7.99. The molecule has 2 heteroatoms. The van der Waals surface area contributed by atoms with Crippen LogP contribution in [0.4, 0.5) is 0 Å². The summed E-state index contributed by atoms with van der Waals surface area (Å²) in [5.41, 5.74) is 0. The van der Waals surface area contributed by atoms with Crippen LogP contribution in [0.3, 0.4) is 0 Å². The van der Waals surface area contributed by atoms with Gasteiger partial charge in [-0.05, 0) is 49.7 Å². The molecule has 1 N–H and O–H groups in total. The Morgan fingerprint density at radius 3 is 2.12 bits per heavy atom. The van der Waals surface area contributed by atoms with Gasteiger partial charge >= 0.3 is 0 Å². The fourth-order valence-corrected chi connectivity index (χ4v) is 4.09. The van der Waals surface area contributed by atoms with Crippen LogP contribution in [-0.2, 0) is 0 Å². The third kappa shape index (κ3) is 4.67. The molecule has 0 radical (unpaired) electrons. The summed E-state index contributed by atoms with van der Waals surface area (Å²) >= 11 is 2.13. The molecular formula is C14H27NS. The fraction of sp³-hybridized carbons (Fsp3) is 1.00. The lowest BCUT2D eigenvalue weighted by atomic mass is 9.91. The smallest absolute Gasteiger partial charge is 0.00828 e. The van der Waals surface area contributed by atoms with Crippen molar-refractivity contribution >= 4 is 11.8 Å². The van der Waals surface area contributed by atoms with Gasteiger partial charge in [-0.2, -0.15) is 11.8 Å². The van der Waals surface area contributed by atoms with Crippen LogP contribution in [-0.4, -0.2) is 24.1 Å². The van der Waals surface area contributed by atoms with E-state index in [0.717, 1.165) is 12.0 Å². The van der Waals surface area contributed by atoms with Gasteiger partial charge in [0, 0.05) is 6.04 Å². The van der Waals surface area contributed by atoms with Crippen molar-refractivity contribution in [2.75, 3.05) is 18.1 Å². The maximum absolute atomic E-state index is 3.83. The van der Waals surface area contributed by atoms with Crippen molar-refractivity contribution < 1.29 is 0 Å². The second kappa shape index (κ2) is 7.60. The summed E-state index contributed by atoms with van der Waals surface area (Å²) in [4.78, 5) is 0. The maximum atomic E-state index is 3.83. The Morgan fingerprint density at radius 1 is 0.812 bits per heavy atom. The van der Waals surface area contributed by atoms with E-state index in [1.54, 1.807) is 0 Å². The Hall–Kier alpha value is 0.310. The lowest BCUT2D eigenvalue weighted by molar-refractivity contribution is 0.338. The molecule has 0 bridgehead atoms. The molecule has 1 aliphatic carbocycles. The van der Waals surface area contributed by atoms with E-state index in [4.69, 9.17) is 0 Å². The molecule has 94 valence electrons. The highest BCUT2D eigenvalue weighted by atomic mass is 32.2. The van der Waals surface area contributed by atoms with E-state index >= 15 is 0 Å². The van der Waals surface area contributed by atoms with Gasteiger partial charge in [0.2, 0.25) is 0 Å². The van der Waals surface area contributed by atoms with Crippen LogP contribution in [0.5, 0.6) is 0 Å². The minimum absolute atomic E-state index is 0.840. The van der Waals surface area contributed by atoms with Crippen LogP contribution < -0.4 is 5.32 Å². The van der Waals surface area contributed by atoms with E-state index in [1.165, 1.54) is 75.8 Å². The molecule has 16 heavy (non-hydrogen) atoms. The lowest BCUT2D eigenvalue weighted by Crippen LogP contribution is -2.36. The molecular weight excluding hydrogens is 214 g/mol. The second-order valence-corrected chi connectivity index (χ2v) is 6.73. The topological polar surface area (TPSA) is 12.0 Å². The molecule has 0 aromatic heterocycles. The Kier molecular flexibility index (Phi) is 6.06. The van der Waals surface area contributed by atoms with Crippen LogP contribution >= 0.6 is 11.8 Å². The molecule has 0 aromatic rings. The Labute approximate surface area is 105 Å². The molecule has 1 aliphatic heterocycles. The highest BCUT2D eigenvalue weighted by Crippen LogP contribution is 2.23.